The van der Waals surface area contributed by atoms with E-state index in [9.17, 15) is 9.59 Å². The van der Waals surface area contributed by atoms with Crippen molar-refractivity contribution in [2.45, 2.75) is 12.8 Å². The van der Waals surface area contributed by atoms with Gasteiger partial charge in [-0.05, 0) is 12.8 Å². The highest BCUT2D eigenvalue weighted by atomic mass is 16.5. The van der Waals surface area contributed by atoms with Crippen LogP contribution in [0.5, 0.6) is 0 Å². The molecule has 1 aliphatic heterocycles. The van der Waals surface area contributed by atoms with Crippen molar-refractivity contribution in [1.82, 2.24) is 15.1 Å². The third kappa shape index (κ3) is 3.60. The minimum atomic E-state index is -0.253. The third-order valence-electron chi connectivity index (χ3n) is 3.48. The molecule has 1 N–H and O–H groups in total. The number of nitrogens with one attached hydrogen (secondary N) is 1. The fraction of sp³-hybridized carbons (Fsp3) is 0.833. The number of carbonyl (C=O) groups is 2. The van der Waals surface area contributed by atoms with Crippen molar-refractivity contribution in [3.63, 3.8) is 0 Å². The van der Waals surface area contributed by atoms with Crippen molar-refractivity contribution in [3.05, 3.63) is 0 Å². The molecular weight excluding hydrogens is 234 g/mol. The first-order valence-electron chi connectivity index (χ1n) is 6.53. The normalized spacial score (nSPS) is 20.6. The highest BCUT2D eigenvalue weighted by Crippen LogP contribution is 2.28. The summed E-state index contributed by atoms with van der Waals surface area (Å²) in [7, 11) is 1.40. The Kier molecular flexibility index (Phi) is 4.41. The molecule has 0 aromatic carbocycles. The molecule has 1 saturated heterocycles. The standard InChI is InChI=1S/C12H21N3O3/c1-18-12(17)15-8-6-14(7-9-15)5-4-13-11(16)10-2-3-10/h10H,2-9H2,1H3,(H,13,16). The van der Waals surface area contributed by atoms with E-state index in [2.05, 4.69) is 15.0 Å². The molecule has 18 heavy (non-hydrogen) atoms. The van der Waals surface area contributed by atoms with Gasteiger partial charge in [0.1, 0.15) is 0 Å². The predicted octanol–water partition coefficient (Wildman–Crippen LogP) is -0.103. The van der Waals surface area contributed by atoms with E-state index in [1.54, 1.807) is 4.90 Å². The zero-order valence-electron chi connectivity index (χ0n) is 10.9. The summed E-state index contributed by atoms with van der Waals surface area (Å²) >= 11 is 0. The quantitative estimate of drug-likeness (QED) is 0.762. The Morgan fingerprint density at radius 2 is 1.89 bits per heavy atom. The number of carbonyl (C=O) groups excluding carboxylic acids is 2. The molecule has 0 unspecified atom stereocenters. The van der Waals surface area contributed by atoms with Gasteiger partial charge < -0.3 is 15.0 Å². The first-order valence-corrected chi connectivity index (χ1v) is 6.53. The second-order valence-electron chi connectivity index (χ2n) is 4.86. The number of nitrogens with zero attached hydrogens (tertiary/aromatic N) is 2. The average Bonchev–Trinajstić information content (AvgIpc) is 3.23. The lowest BCUT2D eigenvalue weighted by atomic mass is 10.3. The lowest BCUT2D eigenvalue weighted by Gasteiger charge is -2.33. The molecule has 1 saturated carbocycles. The van der Waals surface area contributed by atoms with Crippen LogP contribution in [0.2, 0.25) is 0 Å². The smallest absolute Gasteiger partial charge is 0.409 e. The lowest BCUT2D eigenvalue weighted by molar-refractivity contribution is -0.122. The van der Waals surface area contributed by atoms with Crippen LogP contribution in [0.4, 0.5) is 4.79 Å². The molecule has 2 fully saturated rings. The predicted molar refractivity (Wildman–Crippen MR) is 66.2 cm³/mol. The van der Waals surface area contributed by atoms with Crippen LogP contribution in [0, 0.1) is 5.92 Å². The van der Waals surface area contributed by atoms with Gasteiger partial charge in [-0.3, -0.25) is 9.69 Å². The Morgan fingerprint density at radius 1 is 1.22 bits per heavy atom. The molecule has 0 bridgehead atoms. The number of amides is 2. The van der Waals surface area contributed by atoms with E-state index in [1.165, 1.54) is 7.11 Å². The topological polar surface area (TPSA) is 61.9 Å². The molecule has 0 atom stereocenters. The number of hydrogen-bond donors (Lipinski definition) is 1. The maximum Gasteiger partial charge on any atom is 0.409 e. The molecular formula is C12H21N3O3. The molecule has 1 heterocycles. The van der Waals surface area contributed by atoms with Crippen molar-refractivity contribution < 1.29 is 14.3 Å². The minimum absolute atomic E-state index is 0.197. The van der Waals surface area contributed by atoms with Crippen molar-refractivity contribution in [3.8, 4) is 0 Å². The number of rotatable bonds is 4. The minimum Gasteiger partial charge on any atom is -0.453 e. The fourth-order valence-corrected chi connectivity index (χ4v) is 2.11. The van der Waals surface area contributed by atoms with Gasteiger partial charge in [0, 0.05) is 45.2 Å². The van der Waals surface area contributed by atoms with Crippen LogP contribution in [-0.2, 0) is 9.53 Å². The van der Waals surface area contributed by atoms with Gasteiger partial charge in [0.25, 0.3) is 0 Å². The molecule has 2 aliphatic rings. The van der Waals surface area contributed by atoms with Crippen LogP contribution in [0.15, 0.2) is 0 Å². The zero-order valence-corrected chi connectivity index (χ0v) is 10.9. The second kappa shape index (κ2) is 6.04. The van der Waals surface area contributed by atoms with E-state index in [-0.39, 0.29) is 17.9 Å². The van der Waals surface area contributed by atoms with Crippen LogP contribution in [-0.4, -0.2) is 68.2 Å². The number of hydrogen-bond acceptors (Lipinski definition) is 4. The van der Waals surface area contributed by atoms with Crippen molar-refractivity contribution in [2.24, 2.45) is 5.92 Å². The summed E-state index contributed by atoms with van der Waals surface area (Å²) in [6.45, 7) is 4.64. The molecule has 6 nitrogen and oxygen atoms in total. The summed E-state index contributed by atoms with van der Waals surface area (Å²) in [5, 5.41) is 2.95. The van der Waals surface area contributed by atoms with E-state index in [4.69, 9.17) is 0 Å². The van der Waals surface area contributed by atoms with Gasteiger partial charge in [0.05, 0.1) is 7.11 Å². The summed E-state index contributed by atoms with van der Waals surface area (Å²) in [6, 6.07) is 0. The van der Waals surface area contributed by atoms with E-state index in [0.29, 0.717) is 19.6 Å². The van der Waals surface area contributed by atoms with Gasteiger partial charge in [-0.15, -0.1) is 0 Å². The lowest BCUT2D eigenvalue weighted by Crippen LogP contribution is -2.50. The van der Waals surface area contributed by atoms with Gasteiger partial charge in [0.15, 0.2) is 0 Å². The Morgan fingerprint density at radius 3 is 2.44 bits per heavy atom. The zero-order chi connectivity index (χ0) is 13.0. The largest absolute Gasteiger partial charge is 0.453 e. The Bertz CT molecular complexity index is 310. The average molecular weight is 255 g/mol. The Hall–Kier alpha value is -1.30. The Labute approximate surface area is 107 Å². The fourth-order valence-electron chi connectivity index (χ4n) is 2.11. The van der Waals surface area contributed by atoms with Crippen LogP contribution in [0.25, 0.3) is 0 Å². The monoisotopic (exact) mass is 255 g/mol. The van der Waals surface area contributed by atoms with Gasteiger partial charge in [0.2, 0.25) is 5.91 Å². The van der Waals surface area contributed by atoms with E-state index < -0.39 is 0 Å². The molecule has 2 rings (SSSR count). The number of methoxy groups -OCH3 is 1. The SMILES string of the molecule is COC(=O)N1CCN(CCNC(=O)C2CC2)CC1. The molecule has 1 aliphatic carbocycles. The van der Waals surface area contributed by atoms with Crippen molar-refractivity contribution in [1.29, 1.82) is 0 Å². The summed E-state index contributed by atoms with van der Waals surface area (Å²) < 4.78 is 4.68. The molecule has 2 amide bonds. The van der Waals surface area contributed by atoms with Gasteiger partial charge in [-0.25, -0.2) is 4.79 Å². The number of piperazine rings is 1. The molecule has 0 aromatic heterocycles. The van der Waals surface area contributed by atoms with Gasteiger partial charge in [-0.1, -0.05) is 0 Å². The second-order valence-corrected chi connectivity index (χ2v) is 4.86. The third-order valence-corrected chi connectivity index (χ3v) is 3.48. The summed E-state index contributed by atoms with van der Waals surface area (Å²) in [6.07, 6.45) is 1.84. The Balaban J connectivity index is 1.58. The van der Waals surface area contributed by atoms with Crippen LogP contribution in [0.1, 0.15) is 12.8 Å². The van der Waals surface area contributed by atoms with Gasteiger partial charge in [-0.2, -0.15) is 0 Å². The summed E-state index contributed by atoms with van der Waals surface area (Å²) in [5.41, 5.74) is 0. The van der Waals surface area contributed by atoms with Crippen molar-refractivity contribution >= 4 is 12.0 Å². The number of ether oxygens (including phenoxy) is 1. The van der Waals surface area contributed by atoms with Crippen LogP contribution in [0.3, 0.4) is 0 Å². The summed E-state index contributed by atoms with van der Waals surface area (Å²) in [5.74, 6) is 0.476. The maximum atomic E-state index is 11.4. The highest BCUT2D eigenvalue weighted by Gasteiger charge is 2.29. The maximum absolute atomic E-state index is 11.4. The highest BCUT2D eigenvalue weighted by molar-refractivity contribution is 5.80. The molecule has 0 aromatic rings. The van der Waals surface area contributed by atoms with E-state index in [0.717, 1.165) is 32.5 Å². The molecule has 0 spiro atoms. The van der Waals surface area contributed by atoms with Crippen molar-refractivity contribution in [2.75, 3.05) is 46.4 Å². The van der Waals surface area contributed by atoms with Crippen LogP contribution < -0.4 is 5.32 Å². The molecule has 102 valence electrons. The van der Waals surface area contributed by atoms with E-state index >= 15 is 0 Å². The first-order chi connectivity index (χ1) is 8.70. The molecule has 6 heteroatoms. The van der Waals surface area contributed by atoms with Crippen LogP contribution >= 0.6 is 0 Å². The van der Waals surface area contributed by atoms with Gasteiger partial charge >= 0.3 is 6.09 Å². The summed E-state index contributed by atoms with van der Waals surface area (Å²) in [4.78, 5) is 26.7. The first kappa shape index (κ1) is 13.1. The molecule has 0 radical (unpaired) electrons. The van der Waals surface area contributed by atoms with E-state index in [1.807, 2.05) is 0 Å².